The molecule has 0 saturated heterocycles. The Labute approximate surface area is 145 Å². The standard InChI is InChI=1S/C18H12F3NO4/c1-25-12-5-6-13-14(9-16(23)26-15(13)8-12)17(24)22-11-4-2-3-10(7-11)18(19,20)21/h2-9H,1H3,(H,22,24). The maximum absolute atomic E-state index is 12.8. The Balaban J connectivity index is 1.99. The monoisotopic (exact) mass is 363 g/mol. The minimum atomic E-state index is -4.53. The van der Waals surface area contributed by atoms with E-state index in [1.807, 2.05) is 0 Å². The lowest BCUT2D eigenvalue weighted by Gasteiger charge is -2.11. The number of alkyl halides is 3. The summed E-state index contributed by atoms with van der Waals surface area (Å²) in [4.78, 5) is 24.2. The Kier molecular flexibility index (Phi) is 4.41. The molecular weight excluding hydrogens is 351 g/mol. The van der Waals surface area contributed by atoms with Gasteiger partial charge < -0.3 is 14.5 Å². The fraction of sp³-hybridized carbons (Fsp3) is 0.111. The number of hydrogen-bond donors (Lipinski definition) is 1. The topological polar surface area (TPSA) is 68.5 Å². The summed E-state index contributed by atoms with van der Waals surface area (Å²) in [5.74, 6) is -0.302. The lowest BCUT2D eigenvalue weighted by Crippen LogP contribution is -2.16. The molecule has 0 bridgehead atoms. The van der Waals surface area contributed by atoms with Crippen LogP contribution in [0.3, 0.4) is 0 Å². The molecule has 1 amide bonds. The van der Waals surface area contributed by atoms with Gasteiger partial charge >= 0.3 is 11.8 Å². The van der Waals surface area contributed by atoms with E-state index < -0.39 is 23.3 Å². The molecule has 3 rings (SSSR count). The smallest absolute Gasteiger partial charge is 0.416 e. The molecule has 0 radical (unpaired) electrons. The van der Waals surface area contributed by atoms with Crippen LogP contribution in [0.5, 0.6) is 5.75 Å². The SMILES string of the molecule is COc1ccc2c(C(=O)Nc3cccc(C(F)(F)F)c3)cc(=O)oc2c1. The van der Waals surface area contributed by atoms with Crippen LogP contribution < -0.4 is 15.7 Å². The molecule has 1 aromatic heterocycles. The van der Waals surface area contributed by atoms with Gasteiger partial charge in [-0.15, -0.1) is 0 Å². The molecule has 2 aromatic carbocycles. The summed E-state index contributed by atoms with van der Waals surface area (Å²) in [7, 11) is 1.43. The van der Waals surface area contributed by atoms with Gasteiger partial charge in [0, 0.05) is 23.2 Å². The maximum atomic E-state index is 12.8. The van der Waals surface area contributed by atoms with Crippen LogP contribution >= 0.6 is 0 Å². The van der Waals surface area contributed by atoms with E-state index in [9.17, 15) is 22.8 Å². The van der Waals surface area contributed by atoms with E-state index in [2.05, 4.69) is 5.32 Å². The number of anilines is 1. The Bertz CT molecular complexity index is 1040. The van der Waals surface area contributed by atoms with Gasteiger partial charge in [0.15, 0.2) is 0 Å². The number of halogens is 3. The van der Waals surface area contributed by atoms with Gasteiger partial charge in [-0.05, 0) is 30.3 Å². The van der Waals surface area contributed by atoms with Crippen molar-refractivity contribution in [3.8, 4) is 5.75 Å². The molecule has 1 N–H and O–H groups in total. The molecule has 0 aliphatic rings. The van der Waals surface area contributed by atoms with Crippen LogP contribution in [0, 0.1) is 0 Å². The molecular formula is C18H12F3NO4. The average molecular weight is 363 g/mol. The number of carbonyl (C=O) groups is 1. The van der Waals surface area contributed by atoms with E-state index in [1.54, 1.807) is 6.07 Å². The first-order valence-electron chi connectivity index (χ1n) is 7.38. The predicted molar refractivity (Wildman–Crippen MR) is 88.4 cm³/mol. The number of nitrogens with one attached hydrogen (secondary N) is 1. The molecule has 0 atom stereocenters. The first-order chi connectivity index (χ1) is 12.3. The first kappa shape index (κ1) is 17.5. The Morgan fingerprint density at radius 3 is 2.58 bits per heavy atom. The van der Waals surface area contributed by atoms with E-state index in [0.29, 0.717) is 11.1 Å². The van der Waals surface area contributed by atoms with Crippen molar-refractivity contribution in [3.63, 3.8) is 0 Å². The number of carbonyl (C=O) groups excluding carboxylic acids is 1. The molecule has 8 heteroatoms. The van der Waals surface area contributed by atoms with Crippen molar-refractivity contribution in [2.45, 2.75) is 6.18 Å². The van der Waals surface area contributed by atoms with Gasteiger partial charge in [-0.25, -0.2) is 4.79 Å². The lowest BCUT2D eigenvalue weighted by molar-refractivity contribution is -0.137. The summed E-state index contributed by atoms with van der Waals surface area (Å²) in [6, 6.07) is 9.74. The number of methoxy groups -OCH3 is 1. The third-order valence-electron chi connectivity index (χ3n) is 3.64. The first-order valence-corrected chi connectivity index (χ1v) is 7.38. The molecule has 5 nitrogen and oxygen atoms in total. The highest BCUT2D eigenvalue weighted by Crippen LogP contribution is 2.31. The zero-order chi connectivity index (χ0) is 18.9. The summed E-state index contributed by atoms with van der Waals surface area (Å²) in [5, 5.41) is 2.70. The zero-order valence-electron chi connectivity index (χ0n) is 13.4. The second kappa shape index (κ2) is 6.55. The fourth-order valence-electron chi connectivity index (χ4n) is 2.43. The van der Waals surface area contributed by atoms with E-state index in [1.165, 1.54) is 31.4 Å². The van der Waals surface area contributed by atoms with Gasteiger partial charge in [0.1, 0.15) is 11.3 Å². The highest BCUT2D eigenvalue weighted by molar-refractivity contribution is 6.12. The van der Waals surface area contributed by atoms with E-state index in [0.717, 1.165) is 18.2 Å². The maximum Gasteiger partial charge on any atom is 0.416 e. The summed E-state index contributed by atoms with van der Waals surface area (Å²) >= 11 is 0. The third-order valence-corrected chi connectivity index (χ3v) is 3.64. The molecule has 0 aliphatic heterocycles. The summed E-state index contributed by atoms with van der Waals surface area (Å²) in [6.45, 7) is 0. The van der Waals surface area contributed by atoms with Crippen molar-refractivity contribution in [3.05, 3.63) is 70.1 Å². The van der Waals surface area contributed by atoms with Crippen LogP contribution in [0.15, 0.2) is 57.7 Å². The normalized spacial score (nSPS) is 11.4. The lowest BCUT2D eigenvalue weighted by atomic mass is 10.1. The fourth-order valence-corrected chi connectivity index (χ4v) is 2.43. The van der Waals surface area contributed by atoms with E-state index >= 15 is 0 Å². The summed E-state index contributed by atoms with van der Waals surface area (Å²) in [5.41, 5.74) is -1.58. The van der Waals surface area contributed by atoms with E-state index in [-0.39, 0.29) is 16.8 Å². The highest BCUT2D eigenvalue weighted by Gasteiger charge is 2.30. The summed E-state index contributed by atoms with van der Waals surface area (Å²) < 4.78 is 48.4. The molecule has 134 valence electrons. The molecule has 26 heavy (non-hydrogen) atoms. The van der Waals surface area contributed by atoms with Gasteiger partial charge in [0.05, 0.1) is 18.2 Å². The van der Waals surface area contributed by atoms with Crippen molar-refractivity contribution < 1.29 is 27.1 Å². The highest BCUT2D eigenvalue weighted by atomic mass is 19.4. The van der Waals surface area contributed by atoms with Gasteiger partial charge in [-0.2, -0.15) is 13.2 Å². The van der Waals surface area contributed by atoms with Gasteiger partial charge in [-0.1, -0.05) is 6.07 Å². The number of benzene rings is 2. The van der Waals surface area contributed by atoms with Crippen LogP contribution in [-0.4, -0.2) is 13.0 Å². The molecule has 0 saturated carbocycles. The zero-order valence-corrected chi connectivity index (χ0v) is 13.4. The second-order valence-corrected chi connectivity index (χ2v) is 5.37. The Morgan fingerprint density at radius 1 is 1.12 bits per heavy atom. The number of rotatable bonds is 3. The number of fused-ring (bicyclic) bond motifs is 1. The van der Waals surface area contributed by atoms with Crippen LogP contribution in [0.1, 0.15) is 15.9 Å². The van der Waals surface area contributed by atoms with Crippen LogP contribution in [0.2, 0.25) is 0 Å². The van der Waals surface area contributed by atoms with Crippen molar-refractivity contribution in [1.82, 2.24) is 0 Å². The number of hydrogen-bond acceptors (Lipinski definition) is 4. The van der Waals surface area contributed by atoms with Crippen molar-refractivity contribution in [1.29, 1.82) is 0 Å². The molecule has 1 heterocycles. The minimum absolute atomic E-state index is 0.0173. The van der Waals surface area contributed by atoms with Crippen LogP contribution in [-0.2, 0) is 6.18 Å². The van der Waals surface area contributed by atoms with Crippen molar-refractivity contribution in [2.75, 3.05) is 12.4 Å². The summed E-state index contributed by atoms with van der Waals surface area (Å²) in [6.07, 6.45) is -4.53. The number of ether oxygens (including phenoxy) is 1. The number of amides is 1. The second-order valence-electron chi connectivity index (χ2n) is 5.37. The Hall–Kier alpha value is -3.29. The van der Waals surface area contributed by atoms with E-state index in [4.69, 9.17) is 9.15 Å². The van der Waals surface area contributed by atoms with Gasteiger partial charge in [0.2, 0.25) is 0 Å². The molecule has 3 aromatic rings. The Morgan fingerprint density at radius 2 is 1.88 bits per heavy atom. The average Bonchev–Trinajstić information content (AvgIpc) is 2.59. The molecule has 0 spiro atoms. The third kappa shape index (κ3) is 3.53. The van der Waals surface area contributed by atoms with Crippen molar-refractivity contribution in [2.24, 2.45) is 0 Å². The van der Waals surface area contributed by atoms with Gasteiger partial charge in [-0.3, -0.25) is 4.79 Å². The van der Waals surface area contributed by atoms with Crippen molar-refractivity contribution >= 4 is 22.6 Å². The van der Waals surface area contributed by atoms with Crippen LogP contribution in [0.4, 0.5) is 18.9 Å². The minimum Gasteiger partial charge on any atom is -0.497 e. The molecule has 0 aliphatic carbocycles. The van der Waals surface area contributed by atoms with Crippen LogP contribution in [0.25, 0.3) is 11.0 Å². The molecule has 0 fully saturated rings. The quantitative estimate of drug-likeness (QED) is 0.712. The molecule has 0 unspecified atom stereocenters. The van der Waals surface area contributed by atoms with Gasteiger partial charge in [0.25, 0.3) is 5.91 Å². The largest absolute Gasteiger partial charge is 0.497 e. The predicted octanol–water partition coefficient (Wildman–Crippen LogP) is 4.07.